The van der Waals surface area contributed by atoms with Crippen LogP contribution >= 0.6 is 23.1 Å². The number of nitrogens with zero attached hydrogens (tertiary/aromatic N) is 1. The van der Waals surface area contributed by atoms with E-state index in [0.29, 0.717) is 0 Å². The number of benzene rings is 1. The third-order valence-corrected chi connectivity index (χ3v) is 3.81. The highest BCUT2D eigenvalue weighted by molar-refractivity contribution is 7.98. The average Bonchev–Trinajstić information content (AvgIpc) is 2.80. The second kappa shape index (κ2) is 5.27. The lowest BCUT2D eigenvalue weighted by atomic mass is 10.2. The van der Waals surface area contributed by atoms with Crippen molar-refractivity contribution in [2.24, 2.45) is 0 Å². The Bertz CT molecular complexity index is 462. The topological polar surface area (TPSA) is 30.0 Å². The summed E-state index contributed by atoms with van der Waals surface area (Å²) in [5.41, 5.74) is 3.71. The molecule has 0 atom stereocenters. The molecule has 1 heterocycles. The number of thioether (sulfide) groups is 1. The van der Waals surface area contributed by atoms with Gasteiger partial charge in [-0.3, -0.25) is 4.79 Å². The maximum absolute atomic E-state index is 11.1. The molecule has 0 saturated heterocycles. The number of aromatic nitrogens is 1. The SMILES string of the molecule is CC(=O)c1ccc(SCc2cscn2)cc1. The van der Waals surface area contributed by atoms with Gasteiger partial charge in [-0.1, -0.05) is 12.1 Å². The normalized spacial score (nSPS) is 10.3. The molecule has 1 aromatic heterocycles. The molecule has 0 spiro atoms. The van der Waals surface area contributed by atoms with E-state index in [0.717, 1.165) is 21.9 Å². The van der Waals surface area contributed by atoms with E-state index < -0.39 is 0 Å². The van der Waals surface area contributed by atoms with E-state index in [1.807, 2.05) is 29.8 Å². The van der Waals surface area contributed by atoms with Gasteiger partial charge in [-0.15, -0.1) is 23.1 Å². The molecule has 0 aliphatic heterocycles. The lowest BCUT2D eigenvalue weighted by Crippen LogP contribution is -1.90. The Morgan fingerprint density at radius 2 is 2.12 bits per heavy atom. The maximum atomic E-state index is 11.1. The second-order valence-corrected chi connectivity index (χ2v) is 5.12. The first kappa shape index (κ1) is 11.4. The summed E-state index contributed by atoms with van der Waals surface area (Å²) >= 11 is 3.34. The highest BCUT2D eigenvalue weighted by Crippen LogP contribution is 2.22. The van der Waals surface area contributed by atoms with Gasteiger partial charge in [-0.2, -0.15) is 0 Å². The molecule has 2 aromatic rings. The van der Waals surface area contributed by atoms with Crippen LogP contribution in [-0.4, -0.2) is 10.8 Å². The molecule has 0 saturated carbocycles. The summed E-state index contributed by atoms with van der Waals surface area (Å²) in [5, 5.41) is 2.05. The van der Waals surface area contributed by atoms with E-state index in [1.165, 1.54) is 0 Å². The summed E-state index contributed by atoms with van der Waals surface area (Å²) in [6.45, 7) is 1.58. The molecule has 0 aliphatic carbocycles. The number of rotatable bonds is 4. The maximum Gasteiger partial charge on any atom is 0.159 e. The van der Waals surface area contributed by atoms with Crippen molar-refractivity contribution in [3.8, 4) is 0 Å². The Hall–Kier alpha value is -1.13. The van der Waals surface area contributed by atoms with Gasteiger partial charge in [-0.05, 0) is 19.1 Å². The van der Waals surface area contributed by atoms with Crippen LogP contribution in [0, 0.1) is 0 Å². The molecule has 0 amide bonds. The van der Waals surface area contributed by atoms with Crippen molar-refractivity contribution in [3.05, 3.63) is 46.4 Å². The summed E-state index contributed by atoms with van der Waals surface area (Å²) in [6, 6.07) is 7.69. The van der Waals surface area contributed by atoms with E-state index in [4.69, 9.17) is 0 Å². The van der Waals surface area contributed by atoms with E-state index in [9.17, 15) is 4.79 Å². The van der Waals surface area contributed by atoms with E-state index >= 15 is 0 Å². The van der Waals surface area contributed by atoms with Crippen LogP contribution in [0.3, 0.4) is 0 Å². The number of Topliss-reactive ketones (excluding diaryl/α,β-unsaturated/α-hetero) is 1. The molecule has 2 nitrogen and oxygen atoms in total. The van der Waals surface area contributed by atoms with E-state index in [-0.39, 0.29) is 5.78 Å². The molecule has 0 aliphatic rings. The molecular weight excluding hydrogens is 238 g/mol. The third-order valence-electron chi connectivity index (χ3n) is 2.13. The standard InChI is InChI=1S/C12H11NOS2/c1-9(14)10-2-4-12(5-3-10)16-7-11-6-15-8-13-11/h2-6,8H,7H2,1H3. The lowest BCUT2D eigenvalue weighted by molar-refractivity contribution is 0.101. The Morgan fingerprint density at radius 1 is 1.38 bits per heavy atom. The van der Waals surface area contributed by atoms with Crippen LogP contribution < -0.4 is 0 Å². The minimum absolute atomic E-state index is 0.107. The average molecular weight is 249 g/mol. The summed E-state index contributed by atoms with van der Waals surface area (Å²) in [4.78, 5) is 16.5. The number of hydrogen-bond donors (Lipinski definition) is 0. The smallest absolute Gasteiger partial charge is 0.159 e. The van der Waals surface area contributed by atoms with Gasteiger partial charge in [0.25, 0.3) is 0 Å². The van der Waals surface area contributed by atoms with Gasteiger partial charge in [0, 0.05) is 21.6 Å². The Kier molecular flexibility index (Phi) is 3.74. The van der Waals surface area contributed by atoms with Gasteiger partial charge >= 0.3 is 0 Å². The van der Waals surface area contributed by atoms with Gasteiger partial charge in [0.2, 0.25) is 0 Å². The van der Waals surface area contributed by atoms with Crippen LogP contribution in [0.15, 0.2) is 40.1 Å². The second-order valence-electron chi connectivity index (χ2n) is 3.35. The molecule has 82 valence electrons. The molecule has 0 N–H and O–H groups in total. The van der Waals surface area contributed by atoms with Crippen LogP contribution in [-0.2, 0) is 5.75 Å². The molecule has 2 rings (SSSR count). The lowest BCUT2D eigenvalue weighted by Gasteiger charge is -2.00. The number of carbonyl (C=O) groups excluding carboxylic acids is 1. The Balaban J connectivity index is 1.98. The molecule has 16 heavy (non-hydrogen) atoms. The molecular formula is C12H11NOS2. The highest BCUT2D eigenvalue weighted by atomic mass is 32.2. The van der Waals surface area contributed by atoms with Gasteiger partial charge in [0.15, 0.2) is 5.78 Å². The van der Waals surface area contributed by atoms with E-state index in [2.05, 4.69) is 10.4 Å². The van der Waals surface area contributed by atoms with Crippen molar-refractivity contribution in [1.82, 2.24) is 4.98 Å². The zero-order valence-electron chi connectivity index (χ0n) is 8.84. The largest absolute Gasteiger partial charge is 0.295 e. The fourth-order valence-electron chi connectivity index (χ4n) is 1.25. The molecule has 0 unspecified atom stereocenters. The van der Waals surface area contributed by atoms with Gasteiger partial charge in [0.1, 0.15) is 0 Å². The third kappa shape index (κ3) is 2.93. The minimum Gasteiger partial charge on any atom is -0.295 e. The Labute approximate surface area is 103 Å². The molecule has 1 aromatic carbocycles. The van der Waals surface area contributed by atoms with Crippen molar-refractivity contribution < 1.29 is 4.79 Å². The van der Waals surface area contributed by atoms with Crippen molar-refractivity contribution in [2.75, 3.05) is 0 Å². The van der Waals surface area contributed by atoms with Crippen LogP contribution in [0.5, 0.6) is 0 Å². The molecule has 0 radical (unpaired) electrons. The predicted molar refractivity (Wildman–Crippen MR) is 68.1 cm³/mol. The fourth-order valence-corrected chi connectivity index (χ4v) is 2.72. The first-order chi connectivity index (χ1) is 7.75. The highest BCUT2D eigenvalue weighted by Gasteiger charge is 2.00. The van der Waals surface area contributed by atoms with Crippen molar-refractivity contribution in [1.29, 1.82) is 0 Å². The molecule has 4 heteroatoms. The number of ketones is 1. The first-order valence-corrected chi connectivity index (χ1v) is 6.79. The van der Waals surface area contributed by atoms with Gasteiger partial charge in [-0.25, -0.2) is 4.98 Å². The van der Waals surface area contributed by atoms with Gasteiger partial charge < -0.3 is 0 Å². The number of hydrogen-bond acceptors (Lipinski definition) is 4. The summed E-state index contributed by atoms with van der Waals surface area (Å²) in [7, 11) is 0. The van der Waals surface area contributed by atoms with Crippen molar-refractivity contribution in [3.63, 3.8) is 0 Å². The quantitative estimate of drug-likeness (QED) is 0.612. The van der Waals surface area contributed by atoms with Gasteiger partial charge in [0.05, 0.1) is 11.2 Å². The van der Waals surface area contributed by atoms with E-state index in [1.54, 1.807) is 30.0 Å². The van der Waals surface area contributed by atoms with Crippen molar-refractivity contribution >= 4 is 28.9 Å². The molecule has 0 fully saturated rings. The first-order valence-electron chi connectivity index (χ1n) is 4.86. The van der Waals surface area contributed by atoms with Crippen LogP contribution in [0.1, 0.15) is 23.0 Å². The molecule has 0 bridgehead atoms. The predicted octanol–water partition coefficient (Wildman–Crippen LogP) is 3.64. The summed E-state index contributed by atoms with van der Waals surface area (Å²) in [5.74, 6) is 0.985. The number of thiazole rings is 1. The summed E-state index contributed by atoms with van der Waals surface area (Å²) in [6.07, 6.45) is 0. The Morgan fingerprint density at radius 3 is 2.69 bits per heavy atom. The number of carbonyl (C=O) groups is 1. The zero-order valence-corrected chi connectivity index (χ0v) is 10.5. The van der Waals surface area contributed by atoms with Crippen LogP contribution in [0.25, 0.3) is 0 Å². The fraction of sp³-hybridized carbons (Fsp3) is 0.167. The van der Waals surface area contributed by atoms with Crippen molar-refractivity contribution in [2.45, 2.75) is 17.6 Å². The van der Waals surface area contributed by atoms with Crippen LogP contribution in [0.2, 0.25) is 0 Å². The zero-order chi connectivity index (χ0) is 11.4. The minimum atomic E-state index is 0.107. The summed E-state index contributed by atoms with van der Waals surface area (Å²) < 4.78 is 0. The van der Waals surface area contributed by atoms with Crippen LogP contribution in [0.4, 0.5) is 0 Å². The monoisotopic (exact) mass is 249 g/mol.